The van der Waals surface area contributed by atoms with Crippen LogP contribution in [0.3, 0.4) is 0 Å². The summed E-state index contributed by atoms with van der Waals surface area (Å²) in [4.78, 5) is 8.11. The topological polar surface area (TPSA) is 9.72 Å². The molecule has 0 saturated carbocycles. The van der Waals surface area contributed by atoms with Crippen molar-refractivity contribution >= 4 is 88.4 Å². The molecule has 0 amide bonds. The van der Waals surface area contributed by atoms with E-state index in [0.717, 1.165) is 17.1 Å². The summed E-state index contributed by atoms with van der Waals surface area (Å²) < 4.78 is 4.39. The predicted octanol–water partition coefficient (Wildman–Crippen LogP) is 22.4. The van der Waals surface area contributed by atoms with Crippen LogP contribution in [0.15, 0.2) is 376 Å². The van der Waals surface area contributed by atoms with Crippen LogP contribution in [0.25, 0.3) is 44.2 Å². The molecule has 0 saturated heterocycles. The summed E-state index contributed by atoms with van der Waals surface area (Å²) >= 11 is -4.04. The summed E-state index contributed by atoms with van der Waals surface area (Å²) in [5, 5.41) is 2.46. The van der Waals surface area contributed by atoms with Crippen molar-refractivity contribution in [1.29, 1.82) is 0 Å². The van der Waals surface area contributed by atoms with E-state index in [0.29, 0.717) is 0 Å². The van der Waals surface area contributed by atoms with Gasteiger partial charge in [-0.1, -0.05) is 0 Å². The van der Waals surface area contributed by atoms with Gasteiger partial charge >= 0.3 is 601 Å². The van der Waals surface area contributed by atoms with Crippen molar-refractivity contribution in [2.75, 3.05) is 14.7 Å². The van der Waals surface area contributed by atoms with Crippen LogP contribution < -0.4 is 27.9 Å². The van der Waals surface area contributed by atoms with Crippen molar-refractivity contribution in [2.45, 2.75) is 22.0 Å². The molecule has 3 heterocycles. The van der Waals surface area contributed by atoms with E-state index in [1.165, 1.54) is 158 Å². The van der Waals surface area contributed by atoms with E-state index in [2.05, 4.69) is 397 Å². The Hall–Kier alpha value is -12.3. The third kappa shape index (κ3) is 7.30. The Labute approximate surface area is 597 Å². The zero-order valence-electron chi connectivity index (χ0n) is 56.1. The van der Waals surface area contributed by atoms with E-state index in [-0.39, 0.29) is 0 Å². The quantitative estimate of drug-likeness (QED) is 0.133. The molecule has 0 bridgehead atoms. The van der Waals surface area contributed by atoms with Crippen molar-refractivity contribution in [3.05, 3.63) is 443 Å². The summed E-state index contributed by atoms with van der Waals surface area (Å²) in [6, 6.07) is 144. The summed E-state index contributed by atoms with van der Waals surface area (Å²) in [7, 11) is 0. The molecule has 16 aromatic rings. The second-order valence-corrected chi connectivity index (χ2v) is 36.5. The van der Waals surface area contributed by atoms with Crippen LogP contribution in [0.5, 0.6) is 0 Å². The molecule has 4 heteroatoms. The van der Waals surface area contributed by atoms with E-state index in [1.807, 2.05) is 0 Å². The molecule has 16 aromatic carbocycles. The Morgan fingerprint density at radius 1 is 0.216 bits per heavy atom. The van der Waals surface area contributed by atoms with Crippen LogP contribution in [0.4, 0.5) is 51.2 Å². The first kappa shape index (κ1) is 57.6. The Morgan fingerprint density at radius 3 is 0.961 bits per heavy atom. The number of rotatable bonds is 9. The maximum absolute atomic E-state index is 4.04. The number of anilines is 9. The molecule has 102 heavy (non-hydrogen) atoms. The molecule has 3 aliphatic heterocycles. The zero-order valence-corrected chi connectivity index (χ0v) is 58.2. The fourth-order valence-electron chi connectivity index (χ4n) is 20.3. The molecule has 3 aliphatic carbocycles. The number of hydrogen-bond donors (Lipinski definition) is 0. The van der Waals surface area contributed by atoms with Crippen molar-refractivity contribution in [1.82, 2.24) is 0 Å². The van der Waals surface area contributed by atoms with E-state index < -0.39 is 29.5 Å². The van der Waals surface area contributed by atoms with Gasteiger partial charge < -0.3 is 0 Å². The second kappa shape index (κ2) is 21.4. The van der Waals surface area contributed by atoms with Gasteiger partial charge in [0.2, 0.25) is 0 Å². The molecule has 0 fully saturated rings. The number of nitrogens with zero attached hydrogens (tertiary/aromatic N) is 3. The van der Waals surface area contributed by atoms with Gasteiger partial charge in [-0.05, 0) is 0 Å². The SMILES string of the molecule is [CH3][Ge]12[c]3c4cccc3N(c3ccc5c(c3)C(c3ccccc3)(c3ccccc3)c3ccccc3-5)c3cc5ccccc5c([c]31)N(c1ccc3c(c1)-c1ccccc1C3(c1ccccc1)c1ccccc1)c1cccc([c]12)N4c1ccc2c(c1)C(c1ccccc1)(c1ccccc1)c1ccccc1-2. The summed E-state index contributed by atoms with van der Waals surface area (Å²) in [6.45, 7) is 0. The van der Waals surface area contributed by atoms with Crippen molar-refractivity contribution in [2.24, 2.45) is 0 Å². The fraction of sp³-hybridized carbons (Fsp3) is 0.0408. The van der Waals surface area contributed by atoms with Gasteiger partial charge in [-0.15, -0.1) is 0 Å². The van der Waals surface area contributed by atoms with Gasteiger partial charge in [0, 0.05) is 0 Å². The van der Waals surface area contributed by atoms with Crippen LogP contribution >= 0.6 is 0 Å². The number of benzene rings is 16. The Balaban J connectivity index is 0.851. The van der Waals surface area contributed by atoms with Crippen LogP contribution in [-0.2, 0) is 16.2 Å². The first-order valence-electron chi connectivity index (χ1n) is 35.8. The minimum absolute atomic E-state index is 0.555. The third-order valence-electron chi connectivity index (χ3n) is 24.1. The molecule has 6 aliphatic rings. The molecule has 22 rings (SSSR count). The van der Waals surface area contributed by atoms with Crippen molar-refractivity contribution < 1.29 is 0 Å². The zero-order chi connectivity index (χ0) is 67.0. The maximum atomic E-state index is 2.76. The van der Waals surface area contributed by atoms with Gasteiger partial charge in [-0.3, -0.25) is 0 Å². The standard InChI is InChI=1S/C98H65GeN3/c1-99-92-87-50-28-52-89(92)101(73-55-58-79-76-45-23-26-48-82(76)98(86(79)63-73,69-39-16-6-17-40-69)70-41-18-7-19-42-70)91-60-64-30-20-21-43-74(64)95(94(91)99)102(71-56-59-84-80(61-71)77-46-24-27-49-83(77)96(84,65-31-8-2-9-32-65)66-33-10-3-11-34-66)90-53-29-51-88(93(90)99)100(87)72-54-57-78-75-44-22-25-47-81(75)97(85(78)62-72,67-35-12-4-13-36-67)68-37-14-5-15-38-68/h2-63H,1H3. The fourth-order valence-corrected chi connectivity index (χ4v) is 30.8. The van der Waals surface area contributed by atoms with Crippen molar-refractivity contribution in [3.63, 3.8) is 0 Å². The Bertz CT molecular complexity index is 6050. The molecule has 0 radical (unpaired) electrons. The molecular formula is C98H65GeN3. The van der Waals surface area contributed by atoms with Crippen molar-refractivity contribution in [3.8, 4) is 33.4 Å². The van der Waals surface area contributed by atoms with Crippen LogP contribution in [0, 0.1) is 0 Å². The Kier molecular flexibility index (Phi) is 12.1. The normalized spacial score (nSPS) is 16.3. The summed E-state index contributed by atoms with van der Waals surface area (Å²) in [5.74, 6) is 2.76. The van der Waals surface area contributed by atoms with Gasteiger partial charge in [0.05, 0.1) is 0 Å². The van der Waals surface area contributed by atoms with E-state index in [1.54, 1.807) is 0 Å². The monoisotopic (exact) mass is 1360 g/mol. The van der Waals surface area contributed by atoms with Gasteiger partial charge in [0.1, 0.15) is 0 Å². The molecule has 1 atom stereocenters. The predicted molar refractivity (Wildman–Crippen MR) is 424 cm³/mol. The van der Waals surface area contributed by atoms with Gasteiger partial charge in [-0.2, -0.15) is 0 Å². The second-order valence-electron chi connectivity index (χ2n) is 28.6. The molecule has 0 N–H and O–H groups in total. The number of fused-ring (bicyclic) bond motifs is 11. The number of hydrogen-bond acceptors (Lipinski definition) is 3. The van der Waals surface area contributed by atoms with E-state index >= 15 is 0 Å². The molecular weight excluding hydrogens is 1290 g/mol. The minimum atomic E-state index is -4.04. The van der Waals surface area contributed by atoms with Crippen LogP contribution in [0.1, 0.15) is 66.8 Å². The van der Waals surface area contributed by atoms with Gasteiger partial charge in [0.25, 0.3) is 0 Å². The molecule has 1 unspecified atom stereocenters. The first-order valence-corrected chi connectivity index (χ1v) is 41.1. The summed E-state index contributed by atoms with van der Waals surface area (Å²) in [5.41, 5.74) is 32.0. The Morgan fingerprint density at radius 2 is 0.529 bits per heavy atom. The van der Waals surface area contributed by atoms with Crippen LogP contribution in [-0.4, -0.2) is 13.3 Å². The average Bonchev–Trinajstić information content (AvgIpc) is 0.953. The molecule has 3 nitrogen and oxygen atoms in total. The van der Waals surface area contributed by atoms with E-state index in [4.69, 9.17) is 0 Å². The molecule has 476 valence electrons. The van der Waals surface area contributed by atoms with Gasteiger partial charge in [0.15, 0.2) is 0 Å². The third-order valence-corrected chi connectivity index (χ3v) is 33.5. The van der Waals surface area contributed by atoms with Crippen LogP contribution in [0.2, 0.25) is 5.76 Å². The average molecular weight is 1360 g/mol. The molecule has 0 aromatic heterocycles. The van der Waals surface area contributed by atoms with Gasteiger partial charge in [-0.25, -0.2) is 0 Å². The summed E-state index contributed by atoms with van der Waals surface area (Å²) in [6.07, 6.45) is 0. The first-order chi connectivity index (χ1) is 50.5. The van der Waals surface area contributed by atoms with E-state index in [9.17, 15) is 0 Å². The molecule has 0 spiro atoms.